The van der Waals surface area contributed by atoms with Crippen molar-refractivity contribution in [1.29, 1.82) is 0 Å². The Kier molecular flexibility index (Phi) is 7.89. The standard InChI is InChI=1S/C15H16N4OS2.C7H11NO/c1-8-4-5-12(16-6-8)19-15-18-11(7-21-15)13-9(2)17-14(22-13)10(3)20;1-7-2-4-8(6-9)5-3-7/h4-7,10,20H,1-3H3,(H,16,18,19);6H,1-5H2. The van der Waals surface area contributed by atoms with Gasteiger partial charge in [-0.15, -0.1) is 22.7 Å². The molecule has 1 aliphatic heterocycles. The van der Waals surface area contributed by atoms with Gasteiger partial charge in [0.2, 0.25) is 6.41 Å². The molecule has 0 bridgehead atoms. The number of piperidine rings is 1. The number of aryl methyl sites for hydroxylation is 2. The predicted molar refractivity (Wildman–Crippen MR) is 127 cm³/mol. The molecule has 3 aromatic rings. The summed E-state index contributed by atoms with van der Waals surface area (Å²) in [7, 11) is 0. The summed E-state index contributed by atoms with van der Waals surface area (Å²) in [5, 5.41) is 16.3. The van der Waals surface area contributed by atoms with Gasteiger partial charge in [-0.2, -0.15) is 0 Å². The number of nitrogens with zero attached hydrogens (tertiary/aromatic N) is 4. The Bertz CT molecular complexity index is 1020. The van der Waals surface area contributed by atoms with Crippen LogP contribution in [0.4, 0.5) is 10.9 Å². The fourth-order valence-electron chi connectivity index (χ4n) is 2.87. The van der Waals surface area contributed by atoms with E-state index >= 15 is 0 Å². The predicted octanol–water partition coefficient (Wildman–Crippen LogP) is 4.87. The van der Waals surface area contributed by atoms with E-state index in [0.29, 0.717) is 0 Å². The van der Waals surface area contributed by atoms with Gasteiger partial charge < -0.3 is 15.3 Å². The van der Waals surface area contributed by atoms with Crippen LogP contribution >= 0.6 is 22.7 Å². The fourth-order valence-corrected chi connectivity index (χ4v) is 4.61. The molecule has 3 aromatic heterocycles. The number of likely N-dealkylation sites (tertiary alicyclic amines) is 1. The van der Waals surface area contributed by atoms with Crippen molar-refractivity contribution >= 4 is 40.0 Å². The van der Waals surface area contributed by atoms with Gasteiger partial charge in [0.25, 0.3) is 0 Å². The van der Waals surface area contributed by atoms with E-state index in [1.807, 2.05) is 37.6 Å². The molecule has 1 saturated heterocycles. The molecule has 1 aliphatic rings. The van der Waals surface area contributed by atoms with Crippen LogP contribution in [0, 0.1) is 13.8 Å². The number of aliphatic hydroxyl groups excluding tert-OH is 1. The molecule has 1 amide bonds. The zero-order valence-corrected chi connectivity index (χ0v) is 19.6. The fraction of sp³-hybridized carbons (Fsp3) is 0.364. The molecule has 164 valence electrons. The molecule has 0 saturated carbocycles. The number of aromatic nitrogens is 3. The normalized spacial score (nSPS) is 14.6. The van der Waals surface area contributed by atoms with E-state index in [1.54, 1.807) is 11.8 Å². The van der Waals surface area contributed by atoms with E-state index in [9.17, 15) is 9.90 Å². The maximum absolute atomic E-state index is 10.2. The topological polar surface area (TPSA) is 91.2 Å². The van der Waals surface area contributed by atoms with Gasteiger partial charge in [0, 0.05) is 24.7 Å². The lowest BCUT2D eigenvalue weighted by Crippen LogP contribution is -2.28. The number of hydrogen-bond donors (Lipinski definition) is 2. The summed E-state index contributed by atoms with van der Waals surface area (Å²) in [6, 6.07) is 3.94. The second-order valence-electron chi connectivity index (χ2n) is 7.42. The van der Waals surface area contributed by atoms with E-state index in [0.717, 1.165) is 70.1 Å². The molecule has 9 heteroatoms. The second kappa shape index (κ2) is 10.6. The van der Waals surface area contributed by atoms with Gasteiger partial charge in [0.15, 0.2) is 5.13 Å². The average molecular weight is 458 g/mol. The molecule has 0 spiro atoms. The van der Waals surface area contributed by atoms with Gasteiger partial charge in [-0.3, -0.25) is 4.79 Å². The first-order chi connectivity index (χ1) is 14.9. The van der Waals surface area contributed by atoms with Gasteiger partial charge in [0.1, 0.15) is 16.9 Å². The van der Waals surface area contributed by atoms with E-state index < -0.39 is 6.10 Å². The highest BCUT2D eigenvalue weighted by Gasteiger charge is 2.15. The van der Waals surface area contributed by atoms with Crippen LogP contribution in [0.25, 0.3) is 10.6 Å². The first-order valence-corrected chi connectivity index (χ1v) is 11.7. The Morgan fingerprint density at radius 1 is 1.26 bits per heavy atom. The maximum atomic E-state index is 10.2. The Balaban J connectivity index is 0.000000254. The molecular formula is C22H27N5O2S2. The van der Waals surface area contributed by atoms with Crippen LogP contribution < -0.4 is 5.32 Å². The number of hydrogen-bond acceptors (Lipinski definition) is 8. The van der Waals surface area contributed by atoms with Crippen LogP contribution in [0.2, 0.25) is 0 Å². The van der Waals surface area contributed by atoms with Crippen LogP contribution in [0.5, 0.6) is 0 Å². The van der Waals surface area contributed by atoms with Crippen LogP contribution in [-0.2, 0) is 4.79 Å². The number of thiazole rings is 2. The number of carbonyl (C=O) groups excluding carboxylic acids is 1. The minimum absolute atomic E-state index is 0.551. The van der Waals surface area contributed by atoms with Crippen LogP contribution in [0.15, 0.2) is 35.9 Å². The van der Waals surface area contributed by atoms with E-state index in [1.165, 1.54) is 28.2 Å². The summed E-state index contributed by atoms with van der Waals surface area (Å²) in [6.45, 7) is 11.2. The molecule has 1 fully saturated rings. The Hall–Kier alpha value is -2.62. The molecule has 7 nitrogen and oxygen atoms in total. The van der Waals surface area contributed by atoms with Gasteiger partial charge in [-0.05, 0) is 45.2 Å². The SMILES string of the molecule is C=C1CCN(C=O)CC1.Cc1ccc(Nc2nc(-c3sc(C(C)O)nc3C)cs2)nc1. The first kappa shape index (κ1) is 23.1. The molecule has 1 atom stereocenters. The Labute approximate surface area is 190 Å². The molecule has 2 N–H and O–H groups in total. The zero-order chi connectivity index (χ0) is 22.4. The monoisotopic (exact) mass is 457 g/mol. The van der Waals surface area contributed by atoms with Crippen molar-refractivity contribution in [3.05, 3.63) is 52.1 Å². The largest absolute Gasteiger partial charge is 0.386 e. The number of carbonyl (C=O) groups is 1. The minimum atomic E-state index is -0.551. The third-order valence-electron chi connectivity index (χ3n) is 4.71. The number of nitrogens with one attached hydrogen (secondary N) is 1. The van der Waals surface area contributed by atoms with Crippen molar-refractivity contribution in [2.75, 3.05) is 18.4 Å². The second-order valence-corrected chi connectivity index (χ2v) is 9.31. The highest BCUT2D eigenvalue weighted by Crippen LogP contribution is 2.34. The van der Waals surface area contributed by atoms with Crippen molar-refractivity contribution in [3.63, 3.8) is 0 Å². The van der Waals surface area contributed by atoms with Crippen LogP contribution in [0.3, 0.4) is 0 Å². The van der Waals surface area contributed by atoms with Crippen molar-refractivity contribution in [2.24, 2.45) is 0 Å². The molecule has 1 unspecified atom stereocenters. The maximum Gasteiger partial charge on any atom is 0.209 e. The lowest BCUT2D eigenvalue weighted by molar-refractivity contribution is -0.118. The Morgan fingerprint density at radius 3 is 2.58 bits per heavy atom. The molecule has 0 radical (unpaired) electrons. The molecule has 0 aromatic carbocycles. The van der Waals surface area contributed by atoms with E-state index in [4.69, 9.17) is 0 Å². The minimum Gasteiger partial charge on any atom is -0.386 e. The summed E-state index contributed by atoms with van der Waals surface area (Å²) in [4.78, 5) is 26.2. The third-order valence-corrected chi connectivity index (χ3v) is 6.82. The number of rotatable bonds is 5. The Morgan fingerprint density at radius 2 is 2.00 bits per heavy atom. The number of anilines is 2. The summed E-state index contributed by atoms with van der Waals surface area (Å²) >= 11 is 3.01. The van der Waals surface area contributed by atoms with Crippen molar-refractivity contribution in [3.8, 4) is 10.6 Å². The van der Waals surface area contributed by atoms with Crippen molar-refractivity contribution in [1.82, 2.24) is 19.9 Å². The lowest BCUT2D eigenvalue weighted by atomic mass is 10.1. The summed E-state index contributed by atoms with van der Waals surface area (Å²) < 4.78 is 0. The highest BCUT2D eigenvalue weighted by atomic mass is 32.1. The van der Waals surface area contributed by atoms with Gasteiger partial charge in [-0.25, -0.2) is 15.0 Å². The van der Waals surface area contributed by atoms with Crippen molar-refractivity contribution in [2.45, 2.75) is 39.7 Å². The molecule has 4 heterocycles. The average Bonchev–Trinajstić information content (AvgIpc) is 3.37. The molecular weight excluding hydrogens is 430 g/mol. The van der Waals surface area contributed by atoms with Crippen molar-refractivity contribution < 1.29 is 9.90 Å². The number of pyridine rings is 1. The summed E-state index contributed by atoms with van der Waals surface area (Å²) in [6.07, 6.45) is 4.15. The lowest BCUT2D eigenvalue weighted by Gasteiger charge is -2.23. The van der Waals surface area contributed by atoms with Gasteiger partial charge in [0.05, 0.1) is 16.3 Å². The summed E-state index contributed by atoms with van der Waals surface area (Å²) in [5.74, 6) is 0.775. The number of amides is 1. The zero-order valence-electron chi connectivity index (χ0n) is 18.0. The van der Waals surface area contributed by atoms with E-state index in [2.05, 4.69) is 26.8 Å². The van der Waals surface area contributed by atoms with Gasteiger partial charge in [-0.1, -0.05) is 18.2 Å². The molecule has 31 heavy (non-hydrogen) atoms. The van der Waals surface area contributed by atoms with Crippen LogP contribution in [0.1, 0.15) is 42.1 Å². The highest BCUT2D eigenvalue weighted by molar-refractivity contribution is 7.17. The smallest absolute Gasteiger partial charge is 0.209 e. The quantitative estimate of drug-likeness (QED) is 0.420. The first-order valence-electron chi connectivity index (χ1n) is 10.0. The molecule has 0 aliphatic carbocycles. The van der Waals surface area contributed by atoms with Crippen LogP contribution in [-0.4, -0.2) is 44.5 Å². The number of aliphatic hydroxyl groups is 1. The van der Waals surface area contributed by atoms with Gasteiger partial charge >= 0.3 is 0 Å². The third kappa shape index (κ3) is 6.43. The molecule has 4 rings (SSSR count). The summed E-state index contributed by atoms with van der Waals surface area (Å²) in [5.41, 5.74) is 4.16. The van der Waals surface area contributed by atoms with E-state index in [-0.39, 0.29) is 0 Å².